The molecule has 0 aliphatic carbocycles. The zero-order valence-electron chi connectivity index (χ0n) is 12.4. The van der Waals surface area contributed by atoms with Gasteiger partial charge in [0, 0.05) is 19.5 Å². The van der Waals surface area contributed by atoms with E-state index >= 15 is 0 Å². The van der Waals surface area contributed by atoms with Crippen LogP contribution in [0.5, 0.6) is 0 Å². The normalized spacial score (nSPS) is 22.5. The van der Waals surface area contributed by atoms with Crippen molar-refractivity contribution in [2.45, 2.75) is 24.9 Å². The summed E-state index contributed by atoms with van der Waals surface area (Å²) < 4.78 is 0. The lowest BCUT2D eigenvalue weighted by Crippen LogP contribution is -2.43. The molecule has 1 atom stereocenters. The van der Waals surface area contributed by atoms with Crippen molar-refractivity contribution in [2.24, 2.45) is 0 Å². The van der Waals surface area contributed by atoms with Gasteiger partial charge in [0.15, 0.2) is 0 Å². The number of likely N-dealkylation sites (tertiary alicyclic amines) is 1. The number of nitrogens with zero attached hydrogens (tertiary/aromatic N) is 2. The van der Waals surface area contributed by atoms with Gasteiger partial charge in [-0.1, -0.05) is 30.3 Å². The molecule has 1 aliphatic heterocycles. The fraction of sp³-hybridized carbons (Fsp3) is 0.562. The Morgan fingerprint density at radius 3 is 2.70 bits per heavy atom. The number of amides is 1. The van der Waals surface area contributed by atoms with Crippen LogP contribution >= 0.6 is 0 Å². The molecule has 1 aromatic rings. The Balaban J connectivity index is 1.82. The average Bonchev–Trinajstić information content (AvgIpc) is 2.78. The minimum absolute atomic E-state index is 0.142. The number of rotatable bonds is 5. The number of aliphatic hydroxyl groups is 1. The van der Waals surface area contributed by atoms with Crippen molar-refractivity contribution in [3.8, 4) is 0 Å². The van der Waals surface area contributed by atoms with Gasteiger partial charge >= 0.3 is 0 Å². The number of hydrogen-bond donors (Lipinski definition) is 1. The van der Waals surface area contributed by atoms with Crippen molar-refractivity contribution >= 4 is 5.91 Å². The van der Waals surface area contributed by atoms with Crippen LogP contribution in [0.3, 0.4) is 0 Å². The molecule has 0 radical (unpaired) electrons. The highest BCUT2D eigenvalue weighted by Crippen LogP contribution is 2.22. The predicted molar refractivity (Wildman–Crippen MR) is 79.5 cm³/mol. The van der Waals surface area contributed by atoms with Crippen LogP contribution in [0.4, 0.5) is 0 Å². The quantitative estimate of drug-likeness (QED) is 0.877. The van der Waals surface area contributed by atoms with E-state index in [9.17, 15) is 9.90 Å². The van der Waals surface area contributed by atoms with Gasteiger partial charge in [0.1, 0.15) is 0 Å². The molecule has 0 bridgehead atoms. The number of aryl methyl sites for hydroxylation is 1. The number of benzene rings is 1. The second-order valence-corrected chi connectivity index (χ2v) is 6.01. The van der Waals surface area contributed by atoms with Crippen molar-refractivity contribution in [1.82, 2.24) is 9.80 Å². The lowest BCUT2D eigenvalue weighted by molar-refractivity contribution is -0.131. The Morgan fingerprint density at radius 1 is 1.35 bits per heavy atom. The van der Waals surface area contributed by atoms with Gasteiger partial charge in [-0.15, -0.1) is 0 Å². The van der Waals surface area contributed by atoms with E-state index in [0.29, 0.717) is 32.5 Å². The standard InChI is InChI=1S/C16H24N2O2/c1-17(2)12-16(20)10-11-18(13-16)15(19)9-8-14-6-4-3-5-7-14/h3-7,20H,8-13H2,1-2H3. The number of hydrogen-bond acceptors (Lipinski definition) is 3. The van der Waals surface area contributed by atoms with Crippen LogP contribution in [0.1, 0.15) is 18.4 Å². The van der Waals surface area contributed by atoms with Gasteiger partial charge in [-0.05, 0) is 32.5 Å². The van der Waals surface area contributed by atoms with Gasteiger partial charge in [-0.2, -0.15) is 0 Å². The zero-order valence-corrected chi connectivity index (χ0v) is 12.4. The molecule has 0 spiro atoms. The molecule has 110 valence electrons. The third-order valence-corrected chi connectivity index (χ3v) is 3.77. The van der Waals surface area contributed by atoms with Crippen LogP contribution in [0, 0.1) is 0 Å². The molecule has 1 saturated heterocycles. The maximum absolute atomic E-state index is 12.2. The molecule has 1 aromatic carbocycles. The van der Waals surface area contributed by atoms with Crippen molar-refractivity contribution in [2.75, 3.05) is 33.7 Å². The number of carbonyl (C=O) groups is 1. The zero-order chi connectivity index (χ0) is 14.6. The molecule has 1 unspecified atom stereocenters. The summed E-state index contributed by atoms with van der Waals surface area (Å²) in [6.07, 6.45) is 1.95. The Hall–Kier alpha value is -1.39. The largest absolute Gasteiger partial charge is 0.387 e. The number of likely N-dealkylation sites (N-methyl/N-ethyl adjacent to an activating group) is 1. The summed E-state index contributed by atoms with van der Waals surface area (Å²) in [6.45, 7) is 1.73. The molecule has 1 amide bonds. The monoisotopic (exact) mass is 276 g/mol. The molecule has 2 rings (SSSR count). The highest BCUT2D eigenvalue weighted by molar-refractivity contribution is 5.76. The Labute approximate surface area is 121 Å². The summed E-state index contributed by atoms with van der Waals surface area (Å²) in [5.41, 5.74) is 0.440. The van der Waals surface area contributed by atoms with Crippen LogP contribution in [0.2, 0.25) is 0 Å². The lowest BCUT2D eigenvalue weighted by Gasteiger charge is -2.26. The predicted octanol–water partition coefficient (Wildman–Crippen LogP) is 1.14. The van der Waals surface area contributed by atoms with Crippen molar-refractivity contribution in [1.29, 1.82) is 0 Å². The topological polar surface area (TPSA) is 43.8 Å². The van der Waals surface area contributed by atoms with Crippen LogP contribution in [0.15, 0.2) is 30.3 Å². The molecule has 0 saturated carbocycles. The fourth-order valence-electron chi connectivity index (χ4n) is 2.84. The molecule has 0 aromatic heterocycles. The maximum Gasteiger partial charge on any atom is 0.223 e. The van der Waals surface area contributed by atoms with Gasteiger partial charge in [0.25, 0.3) is 0 Å². The molecular weight excluding hydrogens is 252 g/mol. The molecule has 1 aliphatic rings. The highest BCUT2D eigenvalue weighted by atomic mass is 16.3. The molecule has 1 heterocycles. The number of carbonyl (C=O) groups excluding carboxylic acids is 1. The van der Waals surface area contributed by atoms with Crippen LogP contribution < -0.4 is 0 Å². The van der Waals surface area contributed by atoms with E-state index < -0.39 is 5.60 Å². The Bertz CT molecular complexity index is 447. The van der Waals surface area contributed by atoms with Gasteiger partial charge in [0.05, 0.1) is 12.1 Å². The minimum Gasteiger partial charge on any atom is -0.387 e. The van der Waals surface area contributed by atoms with E-state index in [1.54, 1.807) is 4.90 Å². The van der Waals surface area contributed by atoms with E-state index in [2.05, 4.69) is 0 Å². The SMILES string of the molecule is CN(C)CC1(O)CCN(C(=O)CCc2ccccc2)C1. The lowest BCUT2D eigenvalue weighted by atomic mass is 10.0. The summed E-state index contributed by atoms with van der Waals surface area (Å²) in [7, 11) is 3.88. The molecule has 4 nitrogen and oxygen atoms in total. The minimum atomic E-state index is -0.744. The summed E-state index contributed by atoms with van der Waals surface area (Å²) >= 11 is 0. The molecule has 20 heavy (non-hydrogen) atoms. The van der Waals surface area contributed by atoms with E-state index in [1.165, 1.54) is 5.56 Å². The summed E-state index contributed by atoms with van der Waals surface area (Å²) in [5, 5.41) is 10.4. The Morgan fingerprint density at radius 2 is 2.05 bits per heavy atom. The first-order chi connectivity index (χ1) is 9.48. The van der Waals surface area contributed by atoms with Crippen LogP contribution in [-0.4, -0.2) is 60.1 Å². The second kappa shape index (κ2) is 6.37. The maximum atomic E-state index is 12.2. The van der Waals surface area contributed by atoms with E-state index in [-0.39, 0.29) is 5.91 Å². The van der Waals surface area contributed by atoms with Crippen molar-refractivity contribution in [3.63, 3.8) is 0 Å². The molecule has 1 fully saturated rings. The van der Waals surface area contributed by atoms with Gasteiger partial charge in [-0.25, -0.2) is 0 Å². The van der Waals surface area contributed by atoms with Gasteiger partial charge in [0.2, 0.25) is 5.91 Å². The molecule has 1 N–H and O–H groups in total. The Kier molecular flexibility index (Phi) is 4.78. The van der Waals surface area contributed by atoms with E-state index in [4.69, 9.17) is 0 Å². The van der Waals surface area contributed by atoms with Crippen molar-refractivity contribution < 1.29 is 9.90 Å². The smallest absolute Gasteiger partial charge is 0.223 e. The first kappa shape index (κ1) is 15.0. The fourth-order valence-corrected chi connectivity index (χ4v) is 2.84. The van der Waals surface area contributed by atoms with E-state index in [1.807, 2.05) is 49.3 Å². The third kappa shape index (κ3) is 4.05. The highest BCUT2D eigenvalue weighted by Gasteiger charge is 2.38. The van der Waals surface area contributed by atoms with E-state index in [0.717, 1.165) is 6.42 Å². The van der Waals surface area contributed by atoms with Gasteiger partial charge in [-0.3, -0.25) is 4.79 Å². The van der Waals surface area contributed by atoms with Crippen LogP contribution in [0.25, 0.3) is 0 Å². The van der Waals surface area contributed by atoms with Gasteiger partial charge < -0.3 is 14.9 Å². The first-order valence-electron chi connectivity index (χ1n) is 7.17. The van der Waals surface area contributed by atoms with Crippen LogP contribution in [-0.2, 0) is 11.2 Å². The van der Waals surface area contributed by atoms with Crippen molar-refractivity contribution in [3.05, 3.63) is 35.9 Å². The summed E-state index contributed by atoms with van der Waals surface area (Å²) in [5.74, 6) is 0.142. The first-order valence-corrected chi connectivity index (χ1v) is 7.17. The second-order valence-electron chi connectivity index (χ2n) is 6.01. The molecular formula is C16H24N2O2. The third-order valence-electron chi connectivity index (χ3n) is 3.77. The number of β-amino-alcohol motifs (C(OH)–C–C–N with tert-alkyl or cyclic N) is 1. The average molecular weight is 276 g/mol. The summed E-state index contributed by atoms with van der Waals surface area (Å²) in [4.78, 5) is 16.0. The molecule has 4 heteroatoms. The summed E-state index contributed by atoms with van der Waals surface area (Å²) in [6, 6.07) is 10.0.